The van der Waals surface area contributed by atoms with Crippen LogP contribution in [0.25, 0.3) is 0 Å². The molecule has 2 amide bonds. The first-order valence-electron chi connectivity index (χ1n) is 5.82. The third-order valence-corrected chi connectivity index (χ3v) is 3.77. The molecule has 1 aromatic rings. The number of anilines is 2. The summed E-state index contributed by atoms with van der Waals surface area (Å²) in [7, 11) is 1.27. The minimum atomic E-state index is -0.936. The number of carbonyl (C=O) groups is 2. The predicted molar refractivity (Wildman–Crippen MR) is 80.4 cm³/mol. The van der Waals surface area contributed by atoms with Gasteiger partial charge in [-0.05, 0) is 32.0 Å². The lowest BCUT2D eigenvalue weighted by molar-refractivity contribution is -0.123. The Morgan fingerprint density at radius 3 is 2.25 bits per heavy atom. The molecule has 0 aliphatic heterocycles. The Morgan fingerprint density at radius 2 is 1.75 bits per heavy atom. The van der Waals surface area contributed by atoms with Crippen molar-refractivity contribution in [1.82, 2.24) is 0 Å². The SMILES string of the molecule is COC(=O)Nc1cccc(NC(=O)C(C)(C)C(Cl)Cl)c1. The van der Waals surface area contributed by atoms with Gasteiger partial charge >= 0.3 is 6.09 Å². The van der Waals surface area contributed by atoms with Crippen molar-refractivity contribution in [3.8, 4) is 0 Å². The number of ether oxygens (including phenoxy) is 1. The number of rotatable bonds is 4. The standard InChI is InChI=1S/C13H16Cl2N2O3/c1-13(2,10(14)15)11(18)16-8-5-4-6-9(7-8)17-12(19)20-3/h4-7,10H,1-3H3,(H,16,18)(H,17,19). The fourth-order valence-electron chi connectivity index (χ4n) is 1.23. The Morgan fingerprint density at radius 1 is 1.20 bits per heavy atom. The van der Waals surface area contributed by atoms with E-state index in [-0.39, 0.29) is 5.91 Å². The van der Waals surface area contributed by atoms with E-state index in [1.54, 1.807) is 38.1 Å². The van der Waals surface area contributed by atoms with Crippen molar-refractivity contribution in [3.05, 3.63) is 24.3 Å². The van der Waals surface area contributed by atoms with E-state index in [2.05, 4.69) is 15.4 Å². The van der Waals surface area contributed by atoms with Crippen LogP contribution in [0.3, 0.4) is 0 Å². The van der Waals surface area contributed by atoms with E-state index >= 15 is 0 Å². The summed E-state index contributed by atoms with van der Waals surface area (Å²) in [6, 6.07) is 6.65. The maximum absolute atomic E-state index is 12.1. The smallest absolute Gasteiger partial charge is 0.411 e. The molecule has 5 nitrogen and oxygen atoms in total. The minimum absolute atomic E-state index is 0.317. The van der Waals surface area contributed by atoms with Crippen molar-refractivity contribution in [3.63, 3.8) is 0 Å². The van der Waals surface area contributed by atoms with Crippen molar-refractivity contribution in [2.24, 2.45) is 5.41 Å². The van der Waals surface area contributed by atoms with Crippen LogP contribution < -0.4 is 10.6 Å². The number of hydrogen-bond donors (Lipinski definition) is 2. The van der Waals surface area contributed by atoms with Crippen LogP contribution >= 0.6 is 23.2 Å². The number of methoxy groups -OCH3 is 1. The van der Waals surface area contributed by atoms with Gasteiger partial charge in [0.15, 0.2) is 0 Å². The maximum atomic E-state index is 12.1. The summed E-state index contributed by atoms with van der Waals surface area (Å²) in [5, 5.41) is 5.20. The second-order valence-electron chi connectivity index (χ2n) is 4.67. The molecule has 0 saturated heterocycles. The number of alkyl halides is 2. The van der Waals surface area contributed by atoms with Gasteiger partial charge in [0.1, 0.15) is 4.84 Å². The van der Waals surface area contributed by atoms with Gasteiger partial charge in [-0.25, -0.2) is 4.79 Å². The summed E-state index contributed by atoms with van der Waals surface area (Å²) < 4.78 is 4.49. The first-order chi connectivity index (χ1) is 9.27. The molecule has 0 unspecified atom stereocenters. The summed E-state index contributed by atoms with van der Waals surface area (Å²) in [6.07, 6.45) is -0.588. The Bertz CT molecular complexity index is 504. The number of amides is 2. The Kier molecular flexibility index (Phi) is 5.65. The predicted octanol–water partition coefficient (Wildman–Crippen LogP) is 3.63. The Hall–Kier alpha value is -1.46. The van der Waals surface area contributed by atoms with E-state index in [9.17, 15) is 9.59 Å². The maximum Gasteiger partial charge on any atom is 0.411 e. The second-order valence-corrected chi connectivity index (χ2v) is 5.77. The first kappa shape index (κ1) is 16.6. The van der Waals surface area contributed by atoms with Crippen LogP contribution in [0.5, 0.6) is 0 Å². The normalized spacial score (nSPS) is 11.1. The Labute approximate surface area is 127 Å². The summed E-state index contributed by atoms with van der Waals surface area (Å²) >= 11 is 11.6. The highest BCUT2D eigenvalue weighted by molar-refractivity contribution is 6.46. The largest absolute Gasteiger partial charge is 0.453 e. The molecule has 0 aliphatic rings. The summed E-state index contributed by atoms with van der Waals surface area (Å²) in [5.41, 5.74) is 0.0845. The van der Waals surface area contributed by atoms with Crippen molar-refractivity contribution in [2.45, 2.75) is 18.7 Å². The van der Waals surface area contributed by atoms with Gasteiger partial charge in [0.05, 0.1) is 12.5 Å². The van der Waals surface area contributed by atoms with E-state index in [4.69, 9.17) is 23.2 Å². The van der Waals surface area contributed by atoms with Gasteiger partial charge in [-0.15, -0.1) is 23.2 Å². The molecule has 7 heteroatoms. The fourth-order valence-corrected chi connectivity index (χ4v) is 1.43. The second kappa shape index (κ2) is 6.81. The molecule has 0 bridgehead atoms. The lowest BCUT2D eigenvalue weighted by Gasteiger charge is -2.24. The monoisotopic (exact) mass is 318 g/mol. The molecular weight excluding hydrogens is 303 g/mol. The fraction of sp³-hybridized carbons (Fsp3) is 0.385. The van der Waals surface area contributed by atoms with E-state index < -0.39 is 16.3 Å². The molecule has 2 N–H and O–H groups in total. The molecule has 1 aromatic carbocycles. The number of hydrogen-bond acceptors (Lipinski definition) is 3. The first-order valence-corrected chi connectivity index (χ1v) is 6.69. The average Bonchev–Trinajstić information content (AvgIpc) is 2.38. The van der Waals surface area contributed by atoms with Crippen LogP contribution in [-0.4, -0.2) is 23.9 Å². The highest BCUT2D eigenvalue weighted by Gasteiger charge is 2.34. The highest BCUT2D eigenvalue weighted by atomic mass is 35.5. The van der Waals surface area contributed by atoms with Crippen LogP contribution in [-0.2, 0) is 9.53 Å². The van der Waals surface area contributed by atoms with Crippen LogP contribution in [0.2, 0.25) is 0 Å². The number of carbonyl (C=O) groups excluding carboxylic acids is 2. The molecule has 20 heavy (non-hydrogen) atoms. The van der Waals surface area contributed by atoms with Crippen molar-refractivity contribution < 1.29 is 14.3 Å². The zero-order chi connectivity index (χ0) is 15.3. The van der Waals surface area contributed by atoms with Crippen LogP contribution in [0, 0.1) is 5.41 Å². The Balaban J connectivity index is 2.81. The molecule has 1 rings (SSSR count). The van der Waals surface area contributed by atoms with Crippen molar-refractivity contribution in [2.75, 3.05) is 17.7 Å². The zero-order valence-corrected chi connectivity index (χ0v) is 12.9. The zero-order valence-electron chi connectivity index (χ0n) is 11.4. The van der Waals surface area contributed by atoms with Gasteiger partial charge in [0, 0.05) is 11.4 Å². The third-order valence-electron chi connectivity index (χ3n) is 2.68. The molecule has 0 aromatic heterocycles. The van der Waals surface area contributed by atoms with Gasteiger partial charge < -0.3 is 10.1 Å². The molecular formula is C13H16Cl2N2O3. The van der Waals surface area contributed by atoms with Crippen molar-refractivity contribution in [1.29, 1.82) is 0 Å². The number of nitrogens with one attached hydrogen (secondary N) is 2. The molecule has 0 aliphatic carbocycles. The lowest BCUT2D eigenvalue weighted by Crippen LogP contribution is -2.36. The lowest BCUT2D eigenvalue weighted by atomic mass is 9.95. The van der Waals surface area contributed by atoms with Gasteiger partial charge in [0.2, 0.25) is 5.91 Å². The van der Waals surface area contributed by atoms with E-state index in [1.807, 2.05) is 0 Å². The topological polar surface area (TPSA) is 67.4 Å². The molecule has 0 radical (unpaired) electrons. The number of halogens is 2. The molecule has 0 atom stereocenters. The van der Waals surface area contributed by atoms with Crippen molar-refractivity contribution >= 4 is 46.6 Å². The van der Waals surface area contributed by atoms with Gasteiger partial charge in [-0.1, -0.05) is 6.07 Å². The van der Waals surface area contributed by atoms with Crippen LogP contribution in [0.15, 0.2) is 24.3 Å². The molecule has 0 saturated carbocycles. The van der Waals surface area contributed by atoms with Gasteiger partial charge in [0.25, 0.3) is 0 Å². The van der Waals surface area contributed by atoms with Crippen LogP contribution in [0.4, 0.5) is 16.2 Å². The molecule has 0 heterocycles. The van der Waals surface area contributed by atoms with E-state index in [1.165, 1.54) is 7.11 Å². The van der Waals surface area contributed by atoms with Crippen LogP contribution in [0.1, 0.15) is 13.8 Å². The van der Waals surface area contributed by atoms with Gasteiger partial charge in [-0.2, -0.15) is 0 Å². The van der Waals surface area contributed by atoms with Gasteiger partial charge in [-0.3, -0.25) is 10.1 Å². The molecule has 110 valence electrons. The third kappa shape index (κ3) is 4.28. The van der Waals surface area contributed by atoms with E-state index in [0.29, 0.717) is 11.4 Å². The summed E-state index contributed by atoms with van der Waals surface area (Å²) in [5.74, 6) is -0.317. The minimum Gasteiger partial charge on any atom is -0.453 e. The number of benzene rings is 1. The highest BCUT2D eigenvalue weighted by Crippen LogP contribution is 2.30. The molecule has 0 spiro atoms. The summed E-state index contributed by atoms with van der Waals surface area (Å²) in [4.78, 5) is 22.3. The average molecular weight is 319 g/mol. The quantitative estimate of drug-likeness (QED) is 0.833. The summed E-state index contributed by atoms with van der Waals surface area (Å²) in [6.45, 7) is 3.28. The van der Waals surface area contributed by atoms with E-state index in [0.717, 1.165) is 0 Å². The molecule has 0 fully saturated rings.